The fourth-order valence-electron chi connectivity index (χ4n) is 1.48. The summed E-state index contributed by atoms with van der Waals surface area (Å²) in [6.07, 6.45) is 1.55. The number of pyridine rings is 1. The summed E-state index contributed by atoms with van der Waals surface area (Å²) in [4.78, 5) is 17.6. The van der Waals surface area contributed by atoms with Crippen LogP contribution >= 0.6 is 15.9 Å². The zero-order valence-corrected chi connectivity index (χ0v) is 11.2. The molecule has 5 heteroatoms. The molecule has 0 spiro atoms. The molecule has 2 aromatic rings. The second kappa shape index (κ2) is 5.27. The largest absolute Gasteiger partial charge is 0.310 e. The molecule has 0 unspecified atom stereocenters. The highest BCUT2D eigenvalue weighted by atomic mass is 79.9. The van der Waals surface area contributed by atoms with Gasteiger partial charge in [0.2, 0.25) is 0 Å². The number of halogens is 2. The third kappa shape index (κ3) is 2.73. The number of hydrogen-bond donors (Lipinski definition) is 0. The van der Waals surface area contributed by atoms with Crippen LogP contribution in [0.4, 0.5) is 10.1 Å². The molecule has 0 bridgehead atoms. The summed E-state index contributed by atoms with van der Waals surface area (Å²) in [5.41, 5.74) is 0.944. The summed E-state index contributed by atoms with van der Waals surface area (Å²) in [6, 6.07) is 9.11. The summed E-state index contributed by atoms with van der Waals surface area (Å²) in [5, 5.41) is 0. The second-order valence-electron chi connectivity index (χ2n) is 3.70. The molecule has 1 heterocycles. The van der Waals surface area contributed by atoms with Crippen molar-refractivity contribution in [1.29, 1.82) is 0 Å². The molecule has 0 fully saturated rings. The van der Waals surface area contributed by atoms with Crippen LogP contribution in [0, 0.1) is 5.82 Å². The van der Waals surface area contributed by atoms with Gasteiger partial charge >= 0.3 is 0 Å². The van der Waals surface area contributed by atoms with Crippen LogP contribution in [0.15, 0.2) is 47.1 Å². The van der Waals surface area contributed by atoms with Crippen LogP contribution < -0.4 is 4.90 Å². The number of benzene rings is 1. The molecule has 0 saturated heterocycles. The lowest BCUT2D eigenvalue weighted by Gasteiger charge is -2.16. The maximum Gasteiger partial charge on any atom is 0.276 e. The van der Waals surface area contributed by atoms with Crippen molar-refractivity contribution in [3.63, 3.8) is 0 Å². The van der Waals surface area contributed by atoms with Gasteiger partial charge in [0.25, 0.3) is 5.91 Å². The summed E-state index contributed by atoms with van der Waals surface area (Å²) in [7, 11) is 1.62. The monoisotopic (exact) mass is 308 g/mol. The average molecular weight is 309 g/mol. The minimum atomic E-state index is -0.333. The molecular formula is C13H10BrFN2O. The van der Waals surface area contributed by atoms with E-state index in [1.807, 2.05) is 0 Å². The molecule has 3 nitrogen and oxygen atoms in total. The minimum Gasteiger partial charge on any atom is -0.310 e. The summed E-state index contributed by atoms with van der Waals surface area (Å²) < 4.78 is 13.6. The third-order valence-electron chi connectivity index (χ3n) is 2.46. The molecular weight excluding hydrogens is 299 g/mol. The van der Waals surface area contributed by atoms with Crippen LogP contribution in [0.2, 0.25) is 0 Å². The van der Waals surface area contributed by atoms with Crippen molar-refractivity contribution < 1.29 is 9.18 Å². The maximum absolute atomic E-state index is 12.8. The van der Waals surface area contributed by atoms with Crippen molar-refractivity contribution in [1.82, 2.24) is 4.98 Å². The summed E-state index contributed by atoms with van der Waals surface area (Å²) in [5.74, 6) is -0.580. The molecule has 2 rings (SSSR count). The number of rotatable bonds is 2. The third-order valence-corrected chi connectivity index (χ3v) is 2.95. The Labute approximate surface area is 112 Å². The van der Waals surface area contributed by atoms with Crippen LogP contribution in [-0.2, 0) is 0 Å². The number of carbonyl (C=O) groups is 1. The van der Waals surface area contributed by atoms with Gasteiger partial charge in [-0.2, -0.15) is 0 Å². The Morgan fingerprint density at radius 1 is 1.28 bits per heavy atom. The average Bonchev–Trinajstić information content (AvgIpc) is 2.38. The van der Waals surface area contributed by atoms with Crippen molar-refractivity contribution in [3.8, 4) is 0 Å². The Hall–Kier alpha value is -1.75. The highest BCUT2D eigenvalue weighted by Crippen LogP contribution is 2.17. The summed E-state index contributed by atoms with van der Waals surface area (Å²) in [6.45, 7) is 0. The molecule has 1 aromatic carbocycles. The molecule has 0 atom stereocenters. The minimum absolute atomic E-state index is 0.247. The van der Waals surface area contributed by atoms with E-state index < -0.39 is 0 Å². The van der Waals surface area contributed by atoms with Crippen molar-refractivity contribution in [2.24, 2.45) is 0 Å². The molecule has 0 N–H and O–H groups in total. The van der Waals surface area contributed by atoms with Gasteiger partial charge in [-0.1, -0.05) is 15.9 Å². The van der Waals surface area contributed by atoms with Gasteiger partial charge in [0.1, 0.15) is 11.5 Å². The van der Waals surface area contributed by atoms with Crippen LogP contribution in [-0.4, -0.2) is 17.9 Å². The number of carbonyl (C=O) groups excluding carboxylic acids is 1. The first kappa shape index (κ1) is 12.7. The smallest absolute Gasteiger partial charge is 0.276 e. The molecule has 1 amide bonds. The van der Waals surface area contributed by atoms with Gasteiger partial charge in [0.15, 0.2) is 0 Å². The molecule has 1 aromatic heterocycles. The number of amides is 1. The van der Waals surface area contributed by atoms with E-state index >= 15 is 0 Å². The number of aromatic nitrogens is 1. The van der Waals surface area contributed by atoms with E-state index in [0.717, 1.165) is 4.47 Å². The van der Waals surface area contributed by atoms with Crippen LogP contribution in [0.1, 0.15) is 10.5 Å². The highest BCUT2D eigenvalue weighted by Gasteiger charge is 2.14. The van der Waals surface area contributed by atoms with Gasteiger partial charge < -0.3 is 4.90 Å². The quantitative estimate of drug-likeness (QED) is 0.853. The SMILES string of the molecule is CN(C(=O)c1cc(Br)ccn1)c1ccc(F)cc1. The Kier molecular flexibility index (Phi) is 3.72. The number of hydrogen-bond acceptors (Lipinski definition) is 2. The van der Waals surface area contributed by atoms with Crippen LogP contribution in [0.5, 0.6) is 0 Å². The van der Waals surface area contributed by atoms with Gasteiger partial charge in [-0.25, -0.2) is 4.39 Å². The Bertz CT molecular complexity index is 571. The fourth-order valence-corrected chi connectivity index (χ4v) is 1.81. The molecule has 92 valence electrons. The van der Waals surface area contributed by atoms with E-state index in [0.29, 0.717) is 11.4 Å². The first-order valence-corrected chi connectivity index (χ1v) is 6.02. The zero-order valence-electron chi connectivity index (χ0n) is 9.60. The first-order chi connectivity index (χ1) is 8.58. The van der Waals surface area contributed by atoms with Gasteiger partial charge in [-0.15, -0.1) is 0 Å². The lowest BCUT2D eigenvalue weighted by Crippen LogP contribution is -2.27. The van der Waals surface area contributed by atoms with Gasteiger partial charge in [-0.3, -0.25) is 9.78 Å². The predicted molar refractivity (Wildman–Crippen MR) is 71.1 cm³/mol. The van der Waals surface area contributed by atoms with Crippen molar-refractivity contribution >= 4 is 27.5 Å². The molecule has 0 aliphatic carbocycles. The van der Waals surface area contributed by atoms with E-state index in [4.69, 9.17) is 0 Å². The zero-order chi connectivity index (χ0) is 13.1. The van der Waals surface area contributed by atoms with E-state index in [2.05, 4.69) is 20.9 Å². The maximum atomic E-state index is 12.8. The standard InChI is InChI=1S/C13H10BrFN2O/c1-17(11-4-2-10(15)3-5-11)13(18)12-8-9(14)6-7-16-12/h2-8H,1H3. The lowest BCUT2D eigenvalue weighted by atomic mass is 10.2. The first-order valence-electron chi connectivity index (χ1n) is 5.23. The Morgan fingerprint density at radius 3 is 2.56 bits per heavy atom. The van der Waals surface area contributed by atoms with Crippen LogP contribution in [0.3, 0.4) is 0 Å². The van der Waals surface area contributed by atoms with E-state index in [9.17, 15) is 9.18 Å². The van der Waals surface area contributed by atoms with Gasteiger partial charge in [-0.05, 0) is 36.4 Å². The van der Waals surface area contributed by atoms with Gasteiger partial charge in [0.05, 0.1) is 0 Å². The van der Waals surface area contributed by atoms with E-state index in [1.165, 1.54) is 17.0 Å². The van der Waals surface area contributed by atoms with Crippen molar-refractivity contribution in [2.75, 3.05) is 11.9 Å². The second-order valence-corrected chi connectivity index (χ2v) is 4.62. The summed E-state index contributed by atoms with van der Waals surface area (Å²) >= 11 is 3.29. The Balaban J connectivity index is 2.26. The predicted octanol–water partition coefficient (Wildman–Crippen LogP) is 3.26. The Morgan fingerprint density at radius 2 is 1.94 bits per heavy atom. The molecule has 0 aliphatic rings. The highest BCUT2D eigenvalue weighted by molar-refractivity contribution is 9.10. The van der Waals surface area contributed by atoms with E-state index in [1.54, 1.807) is 37.5 Å². The topological polar surface area (TPSA) is 33.2 Å². The normalized spacial score (nSPS) is 10.2. The van der Waals surface area contributed by atoms with Gasteiger partial charge in [0, 0.05) is 23.4 Å². The lowest BCUT2D eigenvalue weighted by molar-refractivity contribution is 0.0988. The number of nitrogens with zero attached hydrogens (tertiary/aromatic N) is 2. The molecule has 0 radical (unpaired) electrons. The van der Waals surface area contributed by atoms with E-state index in [-0.39, 0.29) is 11.7 Å². The van der Waals surface area contributed by atoms with Crippen molar-refractivity contribution in [2.45, 2.75) is 0 Å². The molecule has 18 heavy (non-hydrogen) atoms. The fraction of sp³-hybridized carbons (Fsp3) is 0.0769. The van der Waals surface area contributed by atoms with Crippen molar-refractivity contribution in [3.05, 3.63) is 58.6 Å². The molecule has 0 aliphatic heterocycles. The number of anilines is 1. The van der Waals surface area contributed by atoms with Crippen LogP contribution in [0.25, 0.3) is 0 Å². The molecule has 0 saturated carbocycles.